The van der Waals surface area contributed by atoms with E-state index in [1.807, 2.05) is 19.0 Å². The topological polar surface area (TPSA) is 80.2 Å². The molecule has 2 aromatic rings. The Labute approximate surface area is 137 Å². The zero-order chi connectivity index (χ0) is 16.1. The second-order valence-corrected chi connectivity index (χ2v) is 5.31. The zero-order valence-corrected chi connectivity index (χ0v) is 13.4. The van der Waals surface area contributed by atoms with Crippen LogP contribution in [-0.2, 0) is 0 Å². The van der Waals surface area contributed by atoms with Gasteiger partial charge in [0.15, 0.2) is 0 Å². The van der Waals surface area contributed by atoms with E-state index in [4.69, 9.17) is 27.9 Å². The summed E-state index contributed by atoms with van der Waals surface area (Å²) < 4.78 is 5.33. The van der Waals surface area contributed by atoms with E-state index in [2.05, 4.69) is 20.3 Å². The van der Waals surface area contributed by atoms with E-state index in [-0.39, 0.29) is 21.9 Å². The van der Waals surface area contributed by atoms with Crippen LogP contribution in [0.4, 0.5) is 5.82 Å². The van der Waals surface area contributed by atoms with Crippen molar-refractivity contribution in [3.05, 3.63) is 40.3 Å². The van der Waals surface area contributed by atoms with E-state index in [9.17, 15) is 4.79 Å². The fourth-order valence-electron chi connectivity index (χ4n) is 1.45. The molecule has 0 aromatic carbocycles. The van der Waals surface area contributed by atoms with E-state index >= 15 is 0 Å². The monoisotopic (exact) mass is 341 g/mol. The molecule has 1 amide bonds. The van der Waals surface area contributed by atoms with Crippen LogP contribution in [0.2, 0.25) is 10.3 Å². The van der Waals surface area contributed by atoms with Gasteiger partial charge in [0, 0.05) is 11.8 Å². The van der Waals surface area contributed by atoms with Crippen LogP contribution < -0.4 is 10.1 Å². The van der Waals surface area contributed by atoms with Gasteiger partial charge in [0.05, 0.1) is 0 Å². The molecule has 2 aromatic heterocycles. The van der Waals surface area contributed by atoms with Crippen molar-refractivity contribution >= 4 is 34.9 Å². The minimum Gasteiger partial charge on any atom is -0.447 e. The van der Waals surface area contributed by atoms with Crippen LogP contribution in [0.15, 0.2) is 24.4 Å². The predicted octanol–water partition coefficient (Wildman–Crippen LogP) is 2.33. The summed E-state index contributed by atoms with van der Waals surface area (Å²) in [7, 11) is 3.70. The van der Waals surface area contributed by atoms with Crippen molar-refractivity contribution in [2.24, 2.45) is 0 Å². The Kier molecular flexibility index (Phi) is 5.48. The highest BCUT2D eigenvalue weighted by atomic mass is 35.5. The molecule has 0 bridgehead atoms. The molecule has 0 aliphatic rings. The number of hydrogen-bond donors (Lipinski definition) is 1. The maximum Gasteiger partial charge on any atom is 0.319 e. The van der Waals surface area contributed by atoms with Crippen molar-refractivity contribution in [1.29, 1.82) is 0 Å². The molecule has 0 saturated carbocycles. The average molecular weight is 342 g/mol. The summed E-state index contributed by atoms with van der Waals surface area (Å²) in [5.74, 6) is -0.110. The Morgan fingerprint density at radius 2 is 1.95 bits per heavy atom. The van der Waals surface area contributed by atoms with Gasteiger partial charge in [-0.3, -0.25) is 9.69 Å². The van der Waals surface area contributed by atoms with Gasteiger partial charge >= 0.3 is 6.01 Å². The van der Waals surface area contributed by atoms with E-state index in [0.29, 0.717) is 12.5 Å². The van der Waals surface area contributed by atoms with Crippen LogP contribution in [0, 0.1) is 0 Å². The number of nitrogens with one attached hydrogen (secondary N) is 1. The van der Waals surface area contributed by atoms with E-state index in [0.717, 1.165) is 0 Å². The molecule has 9 heteroatoms. The number of rotatable bonds is 5. The lowest BCUT2D eigenvalue weighted by molar-refractivity contribution is 0.102. The number of hydrogen-bond acceptors (Lipinski definition) is 6. The highest BCUT2D eigenvalue weighted by molar-refractivity contribution is 6.33. The number of amides is 1. The molecular weight excluding hydrogens is 329 g/mol. The molecule has 0 aliphatic heterocycles. The molecule has 0 aliphatic carbocycles. The van der Waals surface area contributed by atoms with E-state index < -0.39 is 5.91 Å². The molecule has 0 spiro atoms. The summed E-state index contributed by atoms with van der Waals surface area (Å²) in [6.45, 7) is 0.326. The van der Waals surface area contributed by atoms with Crippen molar-refractivity contribution in [1.82, 2.24) is 19.9 Å². The number of halogens is 2. The number of pyridine rings is 1. The molecule has 0 atom stereocenters. The standard InChI is InChI=1S/C13H13Cl2N5O2/c1-20(2)7-22-13-16-4-3-11(19-13)18-12(21)8-5-9(14)17-10(15)6-8/h3-6H,7H2,1-2H3,(H,16,18,19,21). The highest BCUT2D eigenvalue weighted by Gasteiger charge is 2.10. The van der Waals surface area contributed by atoms with E-state index in [1.165, 1.54) is 18.3 Å². The zero-order valence-electron chi connectivity index (χ0n) is 11.9. The van der Waals surface area contributed by atoms with Crippen molar-refractivity contribution < 1.29 is 9.53 Å². The molecule has 2 heterocycles. The minimum absolute atomic E-state index is 0.135. The van der Waals surface area contributed by atoms with E-state index in [1.54, 1.807) is 6.07 Å². The molecule has 0 unspecified atom stereocenters. The van der Waals surface area contributed by atoms with Crippen molar-refractivity contribution in [3.8, 4) is 6.01 Å². The van der Waals surface area contributed by atoms with Gasteiger partial charge < -0.3 is 10.1 Å². The van der Waals surface area contributed by atoms with Crippen LogP contribution in [0.25, 0.3) is 0 Å². The van der Waals surface area contributed by atoms with Crippen LogP contribution >= 0.6 is 23.2 Å². The number of aromatic nitrogens is 3. The first-order valence-corrected chi connectivity index (χ1v) is 6.94. The quantitative estimate of drug-likeness (QED) is 0.664. The van der Waals surface area contributed by atoms with Gasteiger partial charge in [-0.05, 0) is 32.3 Å². The fourth-order valence-corrected chi connectivity index (χ4v) is 1.91. The molecule has 116 valence electrons. The summed E-state index contributed by atoms with van der Waals surface area (Å²) in [5.41, 5.74) is 0.277. The molecule has 7 nitrogen and oxygen atoms in total. The van der Waals surface area contributed by atoms with Crippen LogP contribution in [0.5, 0.6) is 6.01 Å². The van der Waals surface area contributed by atoms with Crippen molar-refractivity contribution in [2.75, 3.05) is 26.1 Å². The molecule has 0 radical (unpaired) electrons. The van der Waals surface area contributed by atoms with Gasteiger partial charge in [-0.1, -0.05) is 23.2 Å². The number of carbonyl (C=O) groups is 1. The van der Waals surface area contributed by atoms with Gasteiger partial charge in [-0.25, -0.2) is 9.97 Å². The third-order valence-corrected chi connectivity index (χ3v) is 2.74. The number of ether oxygens (including phenoxy) is 1. The Balaban J connectivity index is 2.09. The van der Waals surface area contributed by atoms with Gasteiger partial charge in [-0.15, -0.1) is 0 Å². The summed E-state index contributed by atoms with van der Waals surface area (Å²) in [6, 6.07) is 4.53. The Hall–Kier alpha value is -1.96. The second-order valence-electron chi connectivity index (χ2n) is 4.53. The van der Waals surface area contributed by atoms with Crippen LogP contribution in [-0.4, -0.2) is 46.6 Å². The normalized spacial score (nSPS) is 10.6. The number of carbonyl (C=O) groups excluding carboxylic acids is 1. The summed E-state index contributed by atoms with van der Waals surface area (Å²) in [4.78, 5) is 25.8. The van der Waals surface area contributed by atoms with Crippen LogP contribution in [0.1, 0.15) is 10.4 Å². The first-order chi connectivity index (χ1) is 10.4. The molecule has 1 N–H and O–H groups in total. The molecule has 22 heavy (non-hydrogen) atoms. The largest absolute Gasteiger partial charge is 0.447 e. The summed E-state index contributed by atoms with van der Waals surface area (Å²) in [5, 5.41) is 2.88. The van der Waals surface area contributed by atoms with Gasteiger partial charge in [-0.2, -0.15) is 4.98 Å². The third kappa shape index (κ3) is 4.80. The highest BCUT2D eigenvalue weighted by Crippen LogP contribution is 2.16. The number of nitrogens with zero attached hydrogens (tertiary/aromatic N) is 4. The minimum atomic E-state index is -0.413. The maximum absolute atomic E-state index is 12.1. The number of anilines is 1. The third-order valence-electron chi connectivity index (χ3n) is 2.35. The SMILES string of the molecule is CN(C)COc1nccc(NC(=O)c2cc(Cl)nc(Cl)c2)n1. The lowest BCUT2D eigenvalue weighted by Crippen LogP contribution is -2.19. The first-order valence-electron chi connectivity index (χ1n) is 6.19. The summed E-state index contributed by atoms with van der Waals surface area (Å²) in [6.07, 6.45) is 1.49. The first kappa shape index (κ1) is 16.4. The lowest BCUT2D eigenvalue weighted by atomic mass is 10.2. The lowest BCUT2D eigenvalue weighted by Gasteiger charge is -2.11. The summed E-state index contributed by atoms with van der Waals surface area (Å²) >= 11 is 11.5. The van der Waals surface area contributed by atoms with Crippen molar-refractivity contribution in [2.45, 2.75) is 0 Å². The van der Waals surface area contributed by atoms with Gasteiger partial charge in [0.1, 0.15) is 22.9 Å². The molecular formula is C13H13Cl2N5O2. The average Bonchev–Trinajstić information content (AvgIpc) is 2.44. The smallest absolute Gasteiger partial charge is 0.319 e. The Morgan fingerprint density at radius 1 is 1.27 bits per heavy atom. The molecule has 0 fully saturated rings. The van der Waals surface area contributed by atoms with Gasteiger partial charge in [0.25, 0.3) is 5.91 Å². The van der Waals surface area contributed by atoms with Crippen LogP contribution in [0.3, 0.4) is 0 Å². The van der Waals surface area contributed by atoms with Crippen molar-refractivity contribution in [3.63, 3.8) is 0 Å². The second kappa shape index (κ2) is 7.35. The predicted molar refractivity (Wildman–Crippen MR) is 83.4 cm³/mol. The Bertz CT molecular complexity index is 661. The Morgan fingerprint density at radius 3 is 2.59 bits per heavy atom. The maximum atomic E-state index is 12.1. The molecule has 0 saturated heterocycles. The molecule has 2 rings (SSSR count). The fraction of sp³-hybridized carbons (Fsp3) is 0.231. The van der Waals surface area contributed by atoms with Gasteiger partial charge in [0.2, 0.25) is 0 Å².